The summed E-state index contributed by atoms with van der Waals surface area (Å²) >= 11 is 0. The Balaban J connectivity index is 1.96. The first-order chi connectivity index (χ1) is 11.2. The average molecular weight is 314 g/mol. The molecule has 0 aliphatic rings. The van der Waals surface area contributed by atoms with Gasteiger partial charge in [-0.25, -0.2) is 9.48 Å². The number of hydrogen-bond acceptors (Lipinski definition) is 2. The van der Waals surface area contributed by atoms with Crippen LogP contribution in [0.4, 0.5) is 0 Å². The Hall–Kier alpha value is -2.10. The molecule has 0 aliphatic heterocycles. The van der Waals surface area contributed by atoms with Crippen LogP contribution in [0.2, 0.25) is 0 Å². The Labute approximate surface area is 138 Å². The first-order valence-corrected chi connectivity index (χ1v) is 8.60. The number of aromatic carboxylic acids is 1. The molecule has 0 saturated carbocycles. The summed E-state index contributed by atoms with van der Waals surface area (Å²) in [6, 6.07) is 11.4. The topological polar surface area (TPSA) is 55.1 Å². The van der Waals surface area contributed by atoms with Gasteiger partial charge >= 0.3 is 5.97 Å². The molecule has 1 heterocycles. The maximum atomic E-state index is 11.2. The van der Waals surface area contributed by atoms with E-state index in [1.54, 1.807) is 10.7 Å². The maximum Gasteiger partial charge on any atom is 0.356 e. The van der Waals surface area contributed by atoms with Crippen molar-refractivity contribution in [2.24, 2.45) is 0 Å². The number of unbranched alkanes of at least 4 members (excludes halogenated alkanes) is 6. The number of benzene rings is 1. The number of carboxylic acids is 1. The van der Waals surface area contributed by atoms with Crippen molar-refractivity contribution in [2.45, 2.75) is 58.3 Å². The molecule has 0 fully saturated rings. The van der Waals surface area contributed by atoms with E-state index in [9.17, 15) is 9.90 Å². The van der Waals surface area contributed by atoms with E-state index in [0.717, 1.165) is 24.2 Å². The smallest absolute Gasteiger partial charge is 0.356 e. The molecule has 1 aromatic carbocycles. The molecule has 0 atom stereocenters. The molecule has 23 heavy (non-hydrogen) atoms. The van der Waals surface area contributed by atoms with Crippen molar-refractivity contribution in [3.8, 4) is 5.69 Å². The summed E-state index contributed by atoms with van der Waals surface area (Å²) in [6.07, 6.45) is 9.59. The van der Waals surface area contributed by atoms with Gasteiger partial charge in [-0.15, -0.1) is 0 Å². The normalized spacial score (nSPS) is 10.8. The summed E-state index contributed by atoms with van der Waals surface area (Å²) < 4.78 is 1.76. The fourth-order valence-electron chi connectivity index (χ4n) is 2.76. The fraction of sp³-hybridized carbons (Fsp3) is 0.474. The Morgan fingerprint density at radius 1 is 1.04 bits per heavy atom. The molecule has 2 aromatic rings. The largest absolute Gasteiger partial charge is 0.476 e. The zero-order valence-corrected chi connectivity index (χ0v) is 13.9. The second-order valence-corrected chi connectivity index (χ2v) is 5.94. The van der Waals surface area contributed by atoms with E-state index in [4.69, 9.17) is 0 Å². The molecule has 0 unspecified atom stereocenters. The van der Waals surface area contributed by atoms with Crippen molar-refractivity contribution in [3.05, 3.63) is 47.8 Å². The van der Waals surface area contributed by atoms with Crippen LogP contribution in [0.25, 0.3) is 5.69 Å². The van der Waals surface area contributed by atoms with Crippen LogP contribution >= 0.6 is 0 Å². The van der Waals surface area contributed by atoms with E-state index < -0.39 is 5.97 Å². The van der Waals surface area contributed by atoms with Crippen LogP contribution in [0.1, 0.15) is 68.1 Å². The molecule has 4 heteroatoms. The zero-order valence-electron chi connectivity index (χ0n) is 13.9. The molecular weight excluding hydrogens is 288 g/mol. The summed E-state index contributed by atoms with van der Waals surface area (Å²) in [4.78, 5) is 11.2. The number of aryl methyl sites for hydroxylation is 1. The van der Waals surface area contributed by atoms with Crippen LogP contribution in [0.15, 0.2) is 36.4 Å². The van der Waals surface area contributed by atoms with Gasteiger partial charge in [0.25, 0.3) is 0 Å². The minimum absolute atomic E-state index is 0.117. The van der Waals surface area contributed by atoms with Crippen LogP contribution in [0.5, 0.6) is 0 Å². The van der Waals surface area contributed by atoms with Crippen LogP contribution in [0.3, 0.4) is 0 Å². The standard InChI is InChI=1S/C19H26N2O2/c1-2-3-4-5-6-7-9-14-17-15-18(19(22)23)20-21(17)16-12-10-8-11-13-16/h8,10-13,15H,2-7,9,14H2,1H3,(H,22,23). The first-order valence-electron chi connectivity index (χ1n) is 8.60. The molecule has 0 spiro atoms. The highest BCUT2D eigenvalue weighted by Gasteiger charge is 2.14. The molecule has 1 N–H and O–H groups in total. The van der Waals surface area contributed by atoms with E-state index in [1.807, 2.05) is 30.3 Å². The number of aromatic nitrogens is 2. The van der Waals surface area contributed by atoms with E-state index in [1.165, 1.54) is 38.5 Å². The van der Waals surface area contributed by atoms with Gasteiger partial charge in [0.15, 0.2) is 5.69 Å². The molecule has 0 saturated heterocycles. The van der Waals surface area contributed by atoms with Gasteiger partial charge in [-0.1, -0.05) is 63.6 Å². The summed E-state index contributed by atoms with van der Waals surface area (Å²) in [7, 11) is 0. The van der Waals surface area contributed by atoms with E-state index >= 15 is 0 Å². The number of rotatable bonds is 10. The van der Waals surface area contributed by atoms with Gasteiger partial charge in [0.05, 0.1) is 5.69 Å². The van der Waals surface area contributed by atoms with Crippen LogP contribution < -0.4 is 0 Å². The Morgan fingerprint density at radius 2 is 1.70 bits per heavy atom. The zero-order chi connectivity index (χ0) is 16.5. The summed E-state index contributed by atoms with van der Waals surface area (Å²) in [6.45, 7) is 2.23. The SMILES string of the molecule is CCCCCCCCCc1cc(C(=O)O)nn1-c1ccccc1. The van der Waals surface area contributed by atoms with Gasteiger partial charge in [0.1, 0.15) is 0 Å². The lowest BCUT2D eigenvalue weighted by molar-refractivity contribution is 0.0690. The molecule has 0 radical (unpaired) electrons. The number of carboxylic acid groups (broad SMARTS) is 1. The Morgan fingerprint density at radius 3 is 2.35 bits per heavy atom. The third-order valence-electron chi connectivity index (χ3n) is 4.04. The second-order valence-electron chi connectivity index (χ2n) is 5.94. The monoisotopic (exact) mass is 314 g/mol. The lowest BCUT2D eigenvalue weighted by atomic mass is 10.1. The number of para-hydroxylation sites is 1. The van der Waals surface area contributed by atoms with E-state index in [0.29, 0.717) is 0 Å². The third kappa shape index (κ3) is 5.23. The van der Waals surface area contributed by atoms with Gasteiger partial charge in [-0.05, 0) is 31.0 Å². The van der Waals surface area contributed by atoms with Gasteiger partial charge in [0, 0.05) is 5.69 Å². The maximum absolute atomic E-state index is 11.2. The Bertz CT molecular complexity index is 605. The molecule has 0 aliphatic carbocycles. The third-order valence-corrected chi connectivity index (χ3v) is 4.04. The molecule has 1 aromatic heterocycles. The molecule has 0 bridgehead atoms. The van der Waals surface area contributed by atoms with Crippen molar-refractivity contribution >= 4 is 5.97 Å². The summed E-state index contributed by atoms with van der Waals surface area (Å²) in [5.74, 6) is -0.972. The van der Waals surface area contributed by atoms with Crippen LogP contribution in [0, 0.1) is 0 Å². The predicted octanol–water partition coefficient (Wildman–Crippen LogP) is 4.86. The van der Waals surface area contributed by atoms with E-state index in [2.05, 4.69) is 12.0 Å². The highest BCUT2D eigenvalue weighted by molar-refractivity contribution is 5.85. The fourth-order valence-corrected chi connectivity index (χ4v) is 2.76. The molecule has 0 amide bonds. The highest BCUT2D eigenvalue weighted by Crippen LogP contribution is 2.16. The van der Waals surface area contributed by atoms with Crippen molar-refractivity contribution in [2.75, 3.05) is 0 Å². The summed E-state index contributed by atoms with van der Waals surface area (Å²) in [5.41, 5.74) is 2.01. The molecule has 4 nitrogen and oxygen atoms in total. The Kier molecular flexibility index (Phi) is 6.85. The number of hydrogen-bond donors (Lipinski definition) is 1. The molecule has 2 rings (SSSR count). The van der Waals surface area contributed by atoms with Crippen molar-refractivity contribution in [3.63, 3.8) is 0 Å². The minimum atomic E-state index is -0.972. The lowest BCUT2D eigenvalue weighted by Gasteiger charge is -2.07. The predicted molar refractivity (Wildman–Crippen MR) is 92.2 cm³/mol. The van der Waals surface area contributed by atoms with Crippen LogP contribution in [-0.2, 0) is 6.42 Å². The van der Waals surface area contributed by atoms with Gasteiger partial charge in [0.2, 0.25) is 0 Å². The van der Waals surface area contributed by atoms with Gasteiger partial charge in [-0.3, -0.25) is 0 Å². The number of carbonyl (C=O) groups is 1. The van der Waals surface area contributed by atoms with Gasteiger partial charge < -0.3 is 5.11 Å². The lowest BCUT2D eigenvalue weighted by Crippen LogP contribution is -2.03. The molecular formula is C19H26N2O2. The van der Waals surface area contributed by atoms with Crippen molar-refractivity contribution in [1.29, 1.82) is 0 Å². The van der Waals surface area contributed by atoms with E-state index in [-0.39, 0.29) is 5.69 Å². The van der Waals surface area contributed by atoms with Crippen LogP contribution in [-0.4, -0.2) is 20.9 Å². The van der Waals surface area contributed by atoms with Gasteiger partial charge in [-0.2, -0.15) is 5.10 Å². The average Bonchev–Trinajstić information content (AvgIpc) is 2.99. The quantitative estimate of drug-likeness (QED) is 0.637. The summed E-state index contributed by atoms with van der Waals surface area (Å²) in [5, 5.41) is 13.4. The second kappa shape index (κ2) is 9.13. The minimum Gasteiger partial charge on any atom is -0.476 e. The molecule has 124 valence electrons. The number of nitrogens with zero attached hydrogens (tertiary/aromatic N) is 2. The highest BCUT2D eigenvalue weighted by atomic mass is 16.4. The van der Waals surface area contributed by atoms with Crippen molar-refractivity contribution < 1.29 is 9.90 Å². The van der Waals surface area contributed by atoms with Crippen molar-refractivity contribution in [1.82, 2.24) is 9.78 Å². The first kappa shape index (κ1) is 17.3.